The standard InChI is InChI=1S/C20H26O6/c1-11(2)13-5-6-20(24)17-16(25-18(20)23)10-19(4,26-17)9-14(21)7-12(3)15(22)8-13/h7,13,16-17,24H,1,5-6,8-10H2,2-4H3. The minimum absolute atomic E-state index is 0.0716. The molecule has 3 aliphatic heterocycles. The summed E-state index contributed by atoms with van der Waals surface area (Å²) < 4.78 is 11.4. The highest BCUT2D eigenvalue weighted by Crippen LogP contribution is 2.46. The molecule has 0 radical (unpaired) electrons. The molecule has 0 saturated carbocycles. The average Bonchev–Trinajstić information content (AvgIpc) is 2.95. The van der Waals surface area contributed by atoms with Crippen LogP contribution in [0.1, 0.15) is 52.9 Å². The molecule has 0 aliphatic carbocycles. The fourth-order valence-electron chi connectivity index (χ4n) is 4.23. The summed E-state index contributed by atoms with van der Waals surface area (Å²) in [5.41, 5.74) is -1.37. The van der Waals surface area contributed by atoms with Crippen molar-refractivity contribution in [3.63, 3.8) is 0 Å². The van der Waals surface area contributed by atoms with Gasteiger partial charge in [-0.25, -0.2) is 4.79 Å². The first kappa shape index (κ1) is 19.0. The Morgan fingerprint density at radius 3 is 2.69 bits per heavy atom. The predicted molar refractivity (Wildman–Crippen MR) is 93.3 cm³/mol. The van der Waals surface area contributed by atoms with Gasteiger partial charge < -0.3 is 14.6 Å². The number of ketones is 2. The lowest BCUT2D eigenvalue weighted by molar-refractivity contribution is -0.168. The summed E-state index contributed by atoms with van der Waals surface area (Å²) >= 11 is 0. The Morgan fingerprint density at radius 1 is 1.35 bits per heavy atom. The van der Waals surface area contributed by atoms with Crippen LogP contribution >= 0.6 is 0 Å². The minimum atomic E-state index is -1.75. The summed E-state index contributed by atoms with van der Waals surface area (Å²) in [4.78, 5) is 37.2. The number of allylic oxidation sites excluding steroid dienone is 3. The van der Waals surface area contributed by atoms with Gasteiger partial charge >= 0.3 is 5.97 Å². The van der Waals surface area contributed by atoms with Gasteiger partial charge in [-0.1, -0.05) is 12.2 Å². The Labute approximate surface area is 153 Å². The average molecular weight is 362 g/mol. The van der Waals surface area contributed by atoms with Gasteiger partial charge in [-0.15, -0.1) is 0 Å². The van der Waals surface area contributed by atoms with E-state index in [0.29, 0.717) is 18.4 Å². The summed E-state index contributed by atoms with van der Waals surface area (Å²) in [5.74, 6) is -1.21. The van der Waals surface area contributed by atoms with E-state index < -0.39 is 29.4 Å². The number of ether oxygens (including phenoxy) is 2. The van der Waals surface area contributed by atoms with Gasteiger partial charge in [0.05, 0.1) is 5.60 Å². The summed E-state index contributed by atoms with van der Waals surface area (Å²) in [7, 11) is 0. The molecule has 3 aliphatic rings. The zero-order valence-electron chi connectivity index (χ0n) is 15.5. The molecule has 0 aromatic rings. The van der Waals surface area contributed by atoms with Crippen molar-refractivity contribution in [2.24, 2.45) is 5.92 Å². The first-order valence-electron chi connectivity index (χ1n) is 9.05. The second kappa shape index (κ2) is 6.43. The predicted octanol–water partition coefficient (Wildman–Crippen LogP) is 2.04. The van der Waals surface area contributed by atoms with Crippen molar-refractivity contribution >= 4 is 17.5 Å². The van der Waals surface area contributed by atoms with Gasteiger partial charge in [0, 0.05) is 19.3 Å². The fourth-order valence-corrected chi connectivity index (χ4v) is 4.23. The fraction of sp³-hybridized carbons (Fsp3) is 0.650. The molecule has 0 amide bonds. The molecule has 6 heteroatoms. The first-order chi connectivity index (χ1) is 12.0. The van der Waals surface area contributed by atoms with Gasteiger partial charge in [0.2, 0.25) is 0 Å². The molecular formula is C20H26O6. The van der Waals surface area contributed by atoms with Crippen LogP contribution in [0.4, 0.5) is 0 Å². The number of esters is 1. The molecule has 3 rings (SSSR count). The monoisotopic (exact) mass is 362 g/mol. The van der Waals surface area contributed by atoms with Crippen molar-refractivity contribution in [3.05, 3.63) is 23.8 Å². The lowest BCUT2D eigenvalue weighted by Crippen LogP contribution is -2.47. The van der Waals surface area contributed by atoms with E-state index in [-0.39, 0.29) is 36.7 Å². The SMILES string of the molecule is C=C(C)C1CCC2(O)C(=O)OC3CC(C)(CC(=O)C=C(C)C(=O)C1)OC32. The summed E-state index contributed by atoms with van der Waals surface area (Å²) in [6, 6.07) is 0. The molecule has 2 saturated heterocycles. The molecule has 2 fully saturated rings. The van der Waals surface area contributed by atoms with Crippen LogP contribution in [0.2, 0.25) is 0 Å². The van der Waals surface area contributed by atoms with Crippen LogP contribution in [-0.4, -0.2) is 46.1 Å². The van der Waals surface area contributed by atoms with Gasteiger partial charge in [-0.3, -0.25) is 9.59 Å². The smallest absolute Gasteiger partial charge is 0.341 e. The van der Waals surface area contributed by atoms with Crippen molar-refractivity contribution in [1.82, 2.24) is 0 Å². The van der Waals surface area contributed by atoms with Crippen LogP contribution in [0.15, 0.2) is 23.8 Å². The number of carbonyl (C=O) groups is 3. The number of hydrogen-bond acceptors (Lipinski definition) is 6. The van der Waals surface area contributed by atoms with E-state index in [4.69, 9.17) is 9.47 Å². The maximum absolute atomic E-state index is 12.5. The minimum Gasteiger partial charge on any atom is -0.457 e. The van der Waals surface area contributed by atoms with Crippen molar-refractivity contribution in [1.29, 1.82) is 0 Å². The molecule has 5 unspecified atom stereocenters. The van der Waals surface area contributed by atoms with Gasteiger partial charge in [0.25, 0.3) is 0 Å². The topological polar surface area (TPSA) is 89.9 Å². The Kier molecular flexibility index (Phi) is 4.69. The van der Waals surface area contributed by atoms with E-state index in [0.717, 1.165) is 5.57 Å². The van der Waals surface area contributed by atoms with Crippen molar-refractivity contribution in [3.8, 4) is 0 Å². The third-order valence-corrected chi connectivity index (χ3v) is 5.83. The number of hydrogen-bond donors (Lipinski definition) is 1. The molecule has 0 aromatic heterocycles. The molecule has 2 bridgehead atoms. The summed E-state index contributed by atoms with van der Waals surface area (Å²) in [6.07, 6.45) is 1.19. The first-order valence-corrected chi connectivity index (χ1v) is 9.05. The lowest BCUT2D eigenvalue weighted by Gasteiger charge is -2.30. The number of rotatable bonds is 1. The zero-order chi connectivity index (χ0) is 19.3. The van der Waals surface area contributed by atoms with E-state index in [2.05, 4.69) is 6.58 Å². The van der Waals surface area contributed by atoms with Crippen LogP contribution in [0, 0.1) is 5.92 Å². The van der Waals surface area contributed by atoms with Crippen molar-refractivity contribution in [2.75, 3.05) is 0 Å². The molecule has 26 heavy (non-hydrogen) atoms. The number of Topliss-reactive ketones (excluding diaryl/α,β-unsaturated/α-hetero) is 1. The van der Waals surface area contributed by atoms with Gasteiger partial charge in [-0.2, -0.15) is 0 Å². The van der Waals surface area contributed by atoms with Gasteiger partial charge in [0.1, 0.15) is 12.2 Å². The maximum Gasteiger partial charge on any atom is 0.341 e. The van der Waals surface area contributed by atoms with Crippen molar-refractivity contribution < 1.29 is 29.0 Å². The lowest BCUT2D eigenvalue weighted by atomic mass is 9.82. The van der Waals surface area contributed by atoms with Crippen LogP contribution in [0.25, 0.3) is 0 Å². The highest BCUT2D eigenvalue weighted by Gasteiger charge is 2.63. The van der Waals surface area contributed by atoms with E-state index in [1.165, 1.54) is 6.08 Å². The van der Waals surface area contributed by atoms with Crippen molar-refractivity contribution in [2.45, 2.75) is 76.3 Å². The third-order valence-electron chi connectivity index (χ3n) is 5.83. The molecule has 6 nitrogen and oxygen atoms in total. The maximum atomic E-state index is 12.5. The molecule has 142 valence electrons. The van der Waals surface area contributed by atoms with Crippen LogP contribution in [-0.2, 0) is 23.9 Å². The molecule has 5 atom stereocenters. The van der Waals surface area contributed by atoms with Gasteiger partial charge in [-0.05, 0) is 51.2 Å². The highest BCUT2D eigenvalue weighted by atomic mass is 16.6. The number of carbonyl (C=O) groups excluding carboxylic acids is 3. The largest absolute Gasteiger partial charge is 0.457 e. The number of fused-ring (bicyclic) bond motifs is 1. The van der Waals surface area contributed by atoms with Crippen LogP contribution < -0.4 is 0 Å². The molecule has 0 aromatic carbocycles. The quantitative estimate of drug-likeness (QED) is 0.567. The van der Waals surface area contributed by atoms with E-state index in [1.807, 2.05) is 6.92 Å². The van der Waals surface area contributed by atoms with E-state index in [9.17, 15) is 19.5 Å². The molecular weight excluding hydrogens is 336 g/mol. The second-order valence-corrected chi connectivity index (χ2v) is 8.24. The molecule has 1 N–H and O–H groups in total. The zero-order valence-corrected chi connectivity index (χ0v) is 15.5. The highest BCUT2D eigenvalue weighted by molar-refractivity contribution is 6.02. The summed E-state index contributed by atoms with van der Waals surface area (Å²) in [6.45, 7) is 9.17. The Bertz CT molecular complexity index is 707. The molecule has 0 spiro atoms. The van der Waals surface area contributed by atoms with Gasteiger partial charge in [0.15, 0.2) is 17.2 Å². The normalized spacial score (nSPS) is 41.0. The van der Waals surface area contributed by atoms with E-state index in [1.54, 1.807) is 13.8 Å². The van der Waals surface area contributed by atoms with Crippen LogP contribution in [0.3, 0.4) is 0 Å². The third kappa shape index (κ3) is 3.28. The summed E-state index contributed by atoms with van der Waals surface area (Å²) in [5, 5.41) is 11.0. The number of aliphatic hydroxyl groups is 1. The second-order valence-electron chi connectivity index (χ2n) is 8.24. The Balaban J connectivity index is 1.97. The Hall–Kier alpha value is -1.79. The van der Waals surface area contributed by atoms with Crippen LogP contribution in [0.5, 0.6) is 0 Å². The Morgan fingerprint density at radius 2 is 2.04 bits per heavy atom. The molecule has 3 heterocycles. The van der Waals surface area contributed by atoms with E-state index >= 15 is 0 Å².